The highest BCUT2D eigenvalue weighted by Crippen LogP contribution is 2.29. The summed E-state index contributed by atoms with van der Waals surface area (Å²) in [4.78, 5) is 13.9. The molecule has 0 fully saturated rings. The highest BCUT2D eigenvalue weighted by molar-refractivity contribution is 9.10. The Balaban J connectivity index is 2.23. The van der Waals surface area contributed by atoms with Crippen molar-refractivity contribution >= 4 is 39.0 Å². The number of nitrogen functional groups attached to an aromatic ring is 1. The van der Waals surface area contributed by atoms with Crippen LogP contribution in [0, 0.1) is 13.8 Å². The zero-order chi connectivity index (χ0) is 14.0. The minimum atomic E-state index is 0.114. The molecule has 0 bridgehead atoms. The minimum Gasteiger partial charge on any atom is -0.362 e. The second-order valence-electron chi connectivity index (χ2n) is 4.08. The van der Waals surface area contributed by atoms with Crippen molar-refractivity contribution in [3.63, 3.8) is 0 Å². The van der Waals surface area contributed by atoms with Gasteiger partial charge < -0.3 is 5.32 Å². The van der Waals surface area contributed by atoms with Gasteiger partial charge in [-0.2, -0.15) is 4.98 Å². The van der Waals surface area contributed by atoms with Crippen molar-refractivity contribution in [2.24, 2.45) is 5.84 Å². The predicted molar refractivity (Wildman–Crippen MR) is 81.2 cm³/mol. The number of aromatic nitrogens is 3. The molecule has 0 aromatic carbocycles. The quantitative estimate of drug-likeness (QED) is 0.584. The number of hydrogen-bond donors (Lipinski definition) is 3. The molecule has 8 heteroatoms. The molecule has 6 nitrogen and oxygen atoms in total. The average molecular weight is 343 g/mol. The number of aryl methyl sites for hydroxylation is 2. The number of rotatable bonds is 4. The van der Waals surface area contributed by atoms with E-state index in [1.54, 1.807) is 17.5 Å². The summed E-state index contributed by atoms with van der Waals surface area (Å²) in [5.41, 5.74) is 3.48. The van der Waals surface area contributed by atoms with Crippen LogP contribution in [-0.2, 0) is 0 Å². The van der Waals surface area contributed by atoms with E-state index in [1.165, 1.54) is 4.88 Å². The van der Waals surface area contributed by atoms with Crippen LogP contribution >= 0.6 is 27.3 Å². The molecule has 0 aliphatic rings. The van der Waals surface area contributed by atoms with Crippen molar-refractivity contribution in [2.75, 3.05) is 10.7 Å². The molecular formula is C11H15BrN6S. The molecule has 2 rings (SSSR count). The second-order valence-corrected chi connectivity index (χ2v) is 6.17. The van der Waals surface area contributed by atoms with Crippen LogP contribution in [0.15, 0.2) is 10.7 Å². The van der Waals surface area contributed by atoms with E-state index >= 15 is 0 Å². The Kier molecular flexibility index (Phi) is 4.33. The molecule has 0 amide bonds. The van der Waals surface area contributed by atoms with Crippen molar-refractivity contribution in [3.05, 3.63) is 26.2 Å². The maximum Gasteiger partial charge on any atom is 0.239 e. The van der Waals surface area contributed by atoms with E-state index in [1.807, 2.05) is 13.8 Å². The van der Waals surface area contributed by atoms with Gasteiger partial charge in [-0.3, -0.25) is 5.43 Å². The third-order valence-electron chi connectivity index (χ3n) is 2.56. The van der Waals surface area contributed by atoms with Gasteiger partial charge in [-0.25, -0.2) is 15.8 Å². The molecule has 0 saturated heterocycles. The van der Waals surface area contributed by atoms with Gasteiger partial charge in [0.2, 0.25) is 5.95 Å². The van der Waals surface area contributed by atoms with E-state index in [0.29, 0.717) is 11.8 Å². The third-order valence-corrected chi connectivity index (χ3v) is 4.40. The number of nitrogens with two attached hydrogens (primary N) is 1. The number of nitrogens with zero attached hydrogens (tertiary/aromatic N) is 3. The normalized spacial score (nSPS) is 12.3. The van der Waals surface area contributed by atoms with Crippen molar-refractivity contribution in [3.8, 4) is 0 Å². The first kappa shape index (κ1) is 14.2. The van der Waals surface area contributed by atoms with Gasteiger partial charge in [0, 0.05) is 11.1 Å². The summed E-state index contributed by atoms with van der Waals surface area (Å²) < 4.78 is 0.789. The second kappa shape index (κ2) is 5.81. The van der Waals surface area contributed by atoms with Crippen molar-refractivity contribution in [1.29, 1.82) is 0 Å². The molecule has 2 aromatic heterocycles. The molecule has 2 aromatic rings. The number of halogens is 1. The lowest BCUT2D eigenvalue weighted by Crippen LogP contribution is -2.13. The van der Waals surface area contributed by atoms with Crippen LogP contribution in [0.1, 0.15) is 28.5 Å². The smallest absolute Gasteiger partial charge is 0.239 e. The molecule has 102 valence electrons. The lowest BCUT2D eigenvalue weighted by molar-refractivity contribution is 0.875. The van der Waals surface area contributed by atoms with E-state index in [9.17, 15) is 0 Å². The van der Waals surface area contributed by atoms with Crippen molar-refractivity contribution in [1.82, 2.24) is 15.0 Å². The van der Waals surface area contributed by atoms with Gasteiger partial charge in [-0.05, 0) is 36.7 Å². The van der Waals surface area contributed by atoms with Crippen LogP contribution in [0.4, 0.5) is 11.8 Å². The largest absolute Gasteiger partial charge is 0.362 e. The molecule has 19 heavy (non-hydrogen) atoms. The summed E-state index contributed by atoms with van der Waals surface area (Å²) in [6, 6.07) is 0.114. The summed E-state index contributed by atoms with van der Waals surface area (Å²) in [6.07, 6.45) is 1.65. The molecule has 1 atom stereocenters. The van der Waals surface area contributed by atoms with Gasteiger partial charge in [0.15, 0.2) is 0 Å². The Hall–Kier alpha value is -1.25. The van der Waals surface area contributed by atoms with Gasteiger partial charge in [0.25, 0.3) is 0 Å². The summed E-state index contributed by atoms with van der Waals surface area (Å²) in [5.74, 6) is 6.38. The van der Waals surface area contributed by atoms with Crippen LogP contribution in [0.25, 0.3) is 0 Å². The summed E-state index contributed by atoms with van der Waals surface area (Å²) in [6.45, 7) is 6.09. The zero-order valence-electron chi connectivity index (χ0n) is 10.9. The number of anilines is 2. The fourth-order valence-corrected chi connectivity index (χ4v) is 2.99. The van der Waals surface area contributed by atoms with E-state index in [2.05, 4.69) is 48.5 Å². The number of hydrogen-bond acceptors (Lipinski definition) is 7. The van der Waals surface area contributed by atoms with E-state index in [4.69, 9.17) is 5.84 Å². The Morgan fingerprint density at radius 2 is 2.11 bits per heavy atom. The minimum absolute atomic E-state index is 0.114. The first-order valence-corrected chi connectivity index (χ1v) is 7.32. The Bertz CT molecular complexity index is 585. The van der Waals surface area contributed by atoms with Gasteiger partial charge in [0.05, 0.1) is 21.2 Å². The fourth-order valence-electron chi connectivity index (χ4n) is 1.76. The number of thiazole rings is 1. The average Bonchev–Trinajstić information content (AvgIpc) is 2.71. The Labute approximate surface area is 124 Å². The first-order chi connectivity index (χ1) is 9.01. The number of hydrazine groups is 1. The standard InChI is InChI=1S/C11H15BrN6S/c1-5-9(19-7(3)15-5)6(2)16-10-8(12)4-14-11(17-10)18-13/h4,6H,13H2,1-3H3,(H2,14,16,17,18). The highest BCUT2D eigenvalue weighted by Gasteiger charge is 2.15. The molecule has 0 aliphatic heterocycles. The van der Waals surface area contributed by atoms with E-state index in [-0.39, 0.29) is 6.04 Å². The van der Waals surface area contributed by atoms with Gasteiger partial charge in [-0.15, -0.1) is 11.3 Å². The van der Waals surface area contributed by atoms with Crippen LogP contribution in [0.3, 0.4) is 0 Å². The predicted octanol–water partition coefficient (Wildman–Crippen LogP) is 2.77. The van der Waals surface area contributed by atoms with Crippen LogP contribution in [0.5, 0.6) is 0 Å². The lowest BCUT2D eigenvalue weighted by atomic mass is 10.2. The van der Waals surface area contributed by atoms with Gasteiger partial charge in [0.1, 0.15) is 5.82 Å². The Morgan fingerprint density at radius 1 is 1.37 bits per heavy atom. The van der Waals surface area contributed by atoms with Gasteiger partial charge >= 0.3 is 0 Å². The molecule has 1 unspecified atom stereocenters. The fraction of sp³-hybridized carbons (Fsp3) is 0.364. The zero-order valence-corrected chi connectivity index (χ0v) is 13.3. The number of nitrogens with one attached hydrogen (secondary N) is 2. The first-order valence-electron chi connectivity index (χ1n) is 5.71. The van der Waals surface area contributed by atoms with Crippen LogP contribution < -0.4 is 16.6 Å². The highest BCUT2D eigenvalue weighted by atomic mass is 79.9. The van der Waals surface area contributed by atoms with Crippen molar-refractivity contribution in [2.45, 2.75) is 26.8 Å². The van der Waals surface area contributed by atoms with Crippen LogP contribution in [0.2, 0.25) is 0 Å². The molecular weight excluding hydrogens is 328 g/mol. The molecule has 0 radical (unpaired) electrons. The van der Waals surface area contributed by atoms with E-state index < -0.39 is 0 Å². The monoisotopic (exact) mass is 342 g/mol. The molecule has 0 saturated carbocycles. The maximum absolute atomic E-state index is 5.31. The lowest BCUT2D eigenvalue weighted by Gasteiger charge is -2.15. The Morgan fingerprint density at radius 3 is 2.68 bits per heavy atom. The molecule has 0 aliphatic carbocycles. The summed E-state index contributed by atoms with van der Waals surface area (Å²) in [7, 11) is 0. The van der Waals surface area contributed by atoms with Crippen LogP contribution in [-0.4, -0.2) is 15.0 Å². The van der Waals surface area contributed by atoms with Crippen molar-refractivity contribution < 1.29 is 0 Å². The molecule has 0 spiro atoms. The third kappa shape index (κ3) is 3.20. The molecule has 2 heterocycles. The van der Waals surface area contributed by atoms with Gasteiger partial charge in [-0.1, -0.05) is 0 Å². The van der Waals surface area contributed by atoms with E-state index in [0.717, 1.165) is 15.2 Å². The summed E-state index contributed by atoms with van der Waals surface area (Å²) >= 11 is 5.10. The molecule has 4 N–H and O–H groups in total. The maximum atomic E-state index is 5.31. The SMILES string of the molecule is Cc1nc(C)c(C(C)Nc2nc(NN)ncc2Br)s1. The topological polar surface area (TPSA) is 88.8 Å². The summed E-state index contributed by atoms with van der Waals surface area (Å²) in [5, 5.41) is 4.39.